The topological polar surface area (TPSA) is 63.7 Å². The Labute approximate surface area is 157 Å². The summed E-state index contributed by atoms with van der Waals surface area (Å²) < 4.78 is 10.8. The second-order valence-electron chi connectivity index (χ2n) is 6.89. The molecular formula is C19H23N3O3S. The predicted octanol–water partition coefficient (Wildman–Crippen LogP) is 3.16. The summed E-state index contributed by atoms with van der Waals surface area (Å²) in [4.78, 5) is 19.3. The second kappa shape index (κ2) is 7.25. The monoisotopic (exact) mass is 373 g/mol. The van der Waals surface area contributed by atoms with Gasteiger partial charge in [0.1, 0.15) is 5.75 Å². The van der Waals surface area contributed by atoms with Crippen LogP contribution in [-0.4, -0.2) is 48.1 Å². The molecule has 6 nitrogen and oxygen atoms in total. The van der Waals surface area contributed by atoms with Crippen LogP contribution in [0, 0.1) is 5.92 Å². The Morgan fingerprint density at radius 3 is 2.62 bits per heavy atom. The van der Waals surface area contributed by atoms with Crippen LogP contribution >= 0.6 is 11.3 Å². The maximum Gasteiger partial charge on any atom is 0.282 e. The van der Waals surface area contributed by atoms with E-state index in [9.17, 15) is 4.79 Å². The van der Waals surface area contributed by atoms with Crippen LogP contribution in [0.5, 0.6) is 16.0 Å². The zero-order chi connectivity index (χ0) is 18.1. The zero-order valence-corrected chi connectivity index (χ0v) is 15.8. The van der Waals surface area contributed by atoms with Crippen LogP contribution < -0.4 is 14.8 Å². The van der Waals surface area contributed by atoms with E-state index in [1.54, 1.807) is 37.6 Å². The summed E-state index contributed by atoms with van der Waals surface area (Å²) in [6.45, 7) is 4.53. The molecule has 0 aliphatic carbocycles. The number of methoxy groups -OCH3 is 1. The molecule has 3 fully saturated rings. The molecule has 2 atom stereocenters. The lowest BCUT2D eigenvalue weighted by molar-refractivity contribution is 0.0217. The minimum absolute atomic E-state index is 0.0157. The molecule has 2 aromatic rings. The fourth-order valence-electron chi connectivity index (χ4n) is 3.94. The molecule has 1 aromatic carbocycles. The van der Waals surface area contributed by atoms with E-state index in [-0.39, 0.29) is 11.9 Å². The Hall–Kier alpha value is -2.12. The average molecular weight is 373 g/mol. The van der Waals surface area contributed by atoms with Crippen LogP contribution in [0.3, 0.4) is 0 Å². The number of amides is 1. The maximum absolute atomic E-state index is 12.6. The van der Waals surface area contributed by atoms with Gasteiger partial charge in [0.05, 0.1) is 13.3 Å². The molecule has 2 unspecified atom stereocenters. The number of thiazole rings is 1. The van der Waals surface area contributed by atoms with Gasteiger partial charge in [-0.1, -0.05) is 0 Å². The number of nitrogens with zero attached hydrogens (tertiary/aromatic N) is 2. The van der Waals surface area contributed by atoms with Gasteiger partial charge in [-0.05, 0) is 74.4 Å². The van der Waals surface area contributed by atoms with Gasteiger partial charge in [-0.25, -0.2) is 4.98 Å². The van der Waals surface area contributed by atoms with Crippen LogP contribution in [-0.2, 0) is 0 Å². The number of hydrogen-bond donors (Lipinski definition) is 1. The number of carbonyl (C=O) groups excluding carboxylic acids is 1. The third-order valence-corrected chi connectivity index (χ3v) is 6.30. The van der Waals surface area contributed by atoms with Crippen molar-refractivity contribution < 1.29 is 14.3 Å². The van der Waals surface area contributed by atoms with Crippen molar-refractivity contribution in [2.75, 3.05) is 20.2 Å². The van der Waals surface area contributed by atoms with Crippen molar-refractivity contribution in [3.63, 3.8) is 0 Å². The van der Waals surface area contributed by atoms with Gasteiger partial charge in [0.25, 0.3) is 11.1 Å². The average Bonchev–Trinajstić information content (AvgIpc) is 3.13. The molecule has 0 saturated carbocycles. The molecule has 3 aliphatic heterocycles. The van der Waals surface area contributed by atoms with E-state index in [1.165, 1.54) is 24.2 Å². The summed E-state index contributed by atoms with van der Waals surface area (Å²) in [7, 11) is 1.60. The van der Waals surface area contributed by atoms with Gasteiger partial charge in [-0.3, -0.25) is 9.69 Å². The third-order valence-electron chi connectivity index (χ3n) is 5.46. The van der Waals surface area contributed by atoms with Crippen molar-refractivity contribution in [3.05, 3.63) is 36.0 Å². The standard InChI is InChI=1S/C19H23N3O3S/c1-12-17(13-7-9-22(12)10-8-13)21-18(23)14-3-5-15(6-4-14)25-19-20-11-16(24-2)26-19/h3-6,11-13,17H,7-10H2,1-2H3,(H,21,23). The minimum Gasteiger partial charge on any atom is -0.486 e. The van der Waals surface area contributed by atoms with Crippen LogP contribution in [0.1, 0.15) is 30.1 Å². The Morgan fingerprint density at radius 1 is 1.27 bits per heavy atom. The fraction of sp³-hybridized carbons (Fsp3) is 0.474. The van der Waals surface area contributed by atoms with E-state index in [0.29, 0.717) is 33.5 Å². The molecule has 138 valence electrons. The molecule has 2 bridgehead atoms. The Morgan fingerprint density at radius 2 is 2.00 bits per heavy atom. The van der Waals surface area contributed by atoms with Crippen LogP contribution in [0.4, 0.5) is 0 Å². The molecule has 1 N–H and O–H groups in total. The minimum atomic E-state index is -0.0157. The molecular weight excluding hydrogens is 350 g/mol. The number of rotatable bonds is 5. The van der Waals surface area contributed by atoms with Gasteiger partial charge in [-0.2, -0.15) is 0 Å². The van der Waals surface area contributed by atoms with Gasteiger partial charge in [0.15, 0.2) is 5.06 Å². The van der Waals surface area contributed by atoms with Gasteiger partial charge in [0, 0.05) is 17.6 Å². The first-order valence-corrected chi connectivity index (χ1v) is 9.78. The van der Waals surface area contributed by atoms with Gasteiger partial charge < -0.3 is 14.8 Å². The van der Waals surface area contributed by atoms with Crippen molar-refractivity contribution in [1.29, 1.82) is 0 Å². The Bertz CT molecular complexity index is 767. The van der Waals surface area contributed by atoms with Crippen molar-refractivity contribution >= 4 is 17.2 Å². The molecule has 7 heteroatoms. The van der Waals surface area contributed by atoms with E-state index >= 15 is 0 Å². The number of piperidine rings is 3. The fourth-order valence-corrected chi connectivity index (χ4v) is 4.55. The number of fused-ring (bicyclic) bond motifs is 3. The number of benzene rings is 1. The van der Waals surface area contributed by atoms with Crippen molar-refractivity contribution in [3.8, 4) is 16.0 Å². The summed E-state index contributed by atoms with van der Waals surface area (Å²) >= 11 is 1.33. The van der Waals surface area contributed by atoms with Crippen LogP contribution in [0.2, 0.25) is 0 Å². The van der Waals surface area contributed by atoms with Crippen molar-refractivity contribution in [2.24, 2.45) is 5.92 Å². The predicted molar refractivity (Wildman–Crippen MR) is 100 cm³/mol. The number of ether oxygens (including phenoxy) is 2. The molecule has 3 saturated heterocycles. The van der Waals surface area contributed by atoms with Gasteiger partial charge in [-0.15, -0.1) is 0 Å². The van der Waals surface area contributed by atoms with E-state index in [0.717, 1.165) is 13.1 Å². The molecule has 0 spiro atoms. The maximum atomic E-state index is 12.6. The summed E-state index contributed by atoms with van der Waals surface area (Å²) in [6.07, 6.45) is 3.98. The third kappa shape index (κ3) is 3.41. The van der Waals surface area contributed by atoms with Crippen molar-refractivity contribution in [2.45, 2.75) is 31.8 Å². The van der Waals surface area contributed by atoms with Gasteiger partial charge in [0.2, 0.25) is 0 Å². The Balaban J connectivity index is 1.39. The first-order chi connectivity index (χ1) is 12.6. The SMILES string of the molecule is COc1cnc(Oc2ccc(C(=O)NC3C4CCN(CC4)C3C)cc2)s1. The highest BCUT2D eigenvalue weighted by Crippen LogP contribution is 2.33. The summed E-state index contributed by atoms with van der Waals surface area (Å²) in [5.41, 5.74) is 0.651. The highest BCUT2D eigenvalue weighted by molar-refractivity contribution is 7.15. The molecule has 0 radical (unpaired) electrons. The molecule has 26 heavy (non-hydrogen) atoms. The lowest BCUT2D eigenvalue weighted by Crippen LogP contribution is -2.62. The lowest BCUT2D eigenvalue weighted by Gasteiger charge is -2.49. The second-order valence-corrected chi connectivity index (χ2v) is 7.84. The number of carbonyl (C=O) groups is 1. The number of aromatic nitrogens is 1. The summed E-state index contributed by atoms with van der Waals surface area (Å²) in [5, 5.41) is 4.46. The molecule has 1 aromatic heterocycles. The molecule has 3 aliphatic rings. The zero-order valence-electron chi connectivity index (χ0n) is 15.0. The first kappa shape index (κ1) is 17.3. The summed E-state index contributed by atoms with van der Waals surface area (Å²) in [6, 6.07) is 7.83. The largest absolute Gasteiger partial charge is 0.486 e. The normalized spacial score (nSPS) is 27.2. The number of hydrogen-bond acceptors (Lipinski definition) is 6. The van der Waals surface area contributed by atoms with Gasteiger partial charge >= 0.3 is 0 Å². The molecule has 1 amide bonds. The molecule has 4 heterocycles. The van der Waals surface area contributed by atoms with E-state index < -0.39 is 0 Å². The molecule has 5 rings (SSSR count). The van der Waals surface area contributed by atoms with E-state index in [2.05, 4.69) is 22.1 Å². The van der Waals surface area contributed by atoms with Crippen LogP contribution in [0.25, 0.3) is 0 Å². The Kier molecular flexibility index (Phi) is 4.82. The van der Waals surface area contributed by atoms with Crippen LogP contribution in [0.15, 0.2) is 30.5 Å². The quantitative estimate of drug-likeness (QED) is 0.872. The highest BCUT2D eigenvalue weighted by atomic mass is 32.1. The van der Waals surface area contributed by atoms with Crippen molar-refractivity contribution in [1.82, 2.24) is 15.2 Å². The number of nitrogens with one attached hydrogen (secondary N) is 1. The lowest BCUT2D eigenvalue weighted by atomic mass is 9.79. The smallest absolute Gasteiger partial charge is 0.282 e. The van der Waals surface area contributed by atoms with E-state index in [4.69, 9.17) is 9.47 Å². The highest BCUT2D eigenvalue weighted by Gasteiger charge is 2.40. The first-order valence-electron chi connectivity index (χ1n) is 8.96. The summed E-state index contributed by atoms with van der Waals surface area (Å²) in [5.74, 6) is 1.23. The van der Waals surface area contributed by atoms with E-state index in [1.807, 2.05) is 0 Å².